The van der Waals surface area contributed by atoms with Crippen LogP contribution in [0.25, 0.3) is 0 Å². The van der Waals surface area contributed by atoms with Crippen LogP contribution in [0.4, 0.5) is 0 Å². The van der Waals surface area contributed by atoms with Crippen LogP contribution in [0.3, 0.4) is 0 Å². The van der Waals surface area contributed by atoms with Gasteiger partial charge in [-0.2, -0.15) is 0 Å². The Labute approximate surface area is 106 Å². The molecule has 0 unspecified atom stereocenters. The highest BCUT2D eigenvalue weighted by atomic mass is 35.5. The van der Waals surface area contributed by atoms with Crippen LogP contribution in [0, 0.1) is 6.07 Å². The third kappa shape index (κ3) is 15.6. The summed E-state index contributed by atoms with van der Waals surface area (Å²) in [6.45, 7) is 2.20. The first-order chi connectivity index (χ1) is 5.91. The van der Waals surface area contributed by atoms with Crippen molar-refractivity contribution in [3.8, 4) is 0 Å². The maximum absolute atomic E-state index is 5.52. The van der Waals surface area contributed by atoms with E-state index < -0.39 is 0 Å². The smallest absolute Gasteiger partial charge is 0.346 e. The van der Waals surface area contributed by atoms with Gasteiger partial charge in [-0.3, -0.25) is 0 Å². The predicted molar refractivity (Wildman–Crippen MR) is 66.5 cm³/mol. The van der Waals surface area contributed by atoms with E-state index in [1.807, 2.05) is 30.3 Å². The van der Waals surface area contributed by atoms with Crippen LogP contribution in [-0.2, 0) is 0 Å². The third-order valence-corrected chi connectivity index (χ3v) is 2.91. The normalized spacial score (nSPS) is 7.23. The predicted octanol–water partition coefficient (Wildman–Crippen LogP) is 2.37. The maximum atomic E-state index is 5.52. The van der Waals surface area contributed by atoms with Crippen LogP contribution in [0.1, 0.15) is 19.8 Å². The Bertz CT molecular complexity index is 128. The Hall–Kier alpha value is 0.809. The zero-order valence-corrected chi connectivity index (χ0v) is 9.76. The molecule has 0 bridgehead atoms. The first-order valence-electron chi connectivity index (χ1n) is 4.39. The molecule has 0 saturated carbocycles. The molecule has 0 aliphatic heterocycles. The molecular weight excluding hydrogens is 207 g/mol. The Kier molecular flexibility index (Phi) is 19.1. The number of hydrogen-bond donors (Lipinski definition) is 0. The minimum atomic E-state index is -0.125. The Balaban J connectivity index is 0. The first-order valence-corrected chi connectivity index (χ1v) is 7.52. The highest BCUT2D eigenvalue weighted by Crippen LogP contribution is 1.93. The molecular formula is C10H17AlClMg. The molecule has 0 amide bonds. The summed E-state index contributed by atoms with van der Waals surface area (Å²) >= 11 is -0.125. The topological polar surface area (TPSA) is 0 Å². The molecule has 1 aromatic carbocycles. The maximum Gasteiger partial charge on any atom is 0.501 e. The molecule has 0 nitrogen and oxygen atoms in total. The summed E-state index contributed by atoms with van der Waals surface area (Å²) in [5.74, 6) is 0. The number of halogens is 1. The number of benzene rings is 1. The summed E-state index contributed by atoms with van der Waals surface area (Å²) in [6, 6.07) is 12.5. The fraction of sp³-hybridized carbons (Fsp3) is 0.400. The Morgan fingerprint density at radius 3 is 2.00 bits per heavy atom. The van der Waals surface area contributed by atoms with Gasteiger partial charge in [-0.05, 0) is 6.07 Å². The minimum Gasteiger partial charge on any atom is -0.346 e. The zero-order valence-electron chi connectivity index (χ0n) is 7.59. The van der Waals surface area contributed by atoms with Crippen molar-refractivity contribution < 1.29 is 0 Å². The standard InChI is InChI=1S/C6H5.C4H9.Al.ClH.Mg.3H/c1-2-4-6-5-3-1;1-3-4-2;;;;;;/h1-5H;1,3-4H2,2H3;;1H;;;;/q;;;;+1;;;/p-1. The summed E-state index contributed by atoms with van der Waals surface area (Å²) in [5, 5.41) is 0. The molecule has 0 N–H and O–H groups in total. The molecule has 1 rings (SSSR count). The van der Waals surface area contributed by atoms with Gasteiger partial charge >= 0.3 is 19.3 Å². The highest BCUT2D eigenvalue weighted by molar-refractivity contribution is 6.93. The van der Waals surface area contributed by atoms with Gasteiger partial charge in [-0.25, -0.2) is 0 Å². The van der Waals surface area contributed by atoms with Gasteiger partial charge in [-0.1, -0.05) is 50.1 Å². The van der Waals surface area contributed by atoms with Crippen LogP contribution < -0.4 is 0 Å². The summed E-state index contributed by atoms with van der Waals surface area (Å²) < 4.78 is 1.32. The van der Waals surface area contributed by atoms with Crippen LogP contribution in [0.15, 0.2) is 30.3 Å². The molecule has 0 aliphatic carbocycles. The van der Waals surface area contributed by atoms with Crippen molar-refractivity contribution in [3.63, 3.8) is 0 Å². The van der Waals surface area contributed by atoms with Crippen LogP contribution in [0.5, 0.6) is 0 Å². The lowest BCUT2D eigenvalue weighted by Crippen LogP contribution is -1.73. The molecule has 13 heavy (non-hydrogen) atoms. The van der Waals surface area contributed by atoms with E-state index in [4.69, 9.17) is 9.07 Å². The van der Waals surface area contributed by atoms with Gasteiger partial charge in [0.2, 0.25) is 0 Å². The fourth-order valence-corrected chi connectivity index (χ4v) is 1.94. The van der Waals surface area contributed by atoms with Crippen LogP contribution >= 0.6 is 9.07 Å². The lowest BCUT2D eigenvalue weighted by atomic mass is 10.4. The van der Waals surface area contributed by atoms with Gasteiger partial charge in [0.05, 0.1) is 0 Å². The van der Waals surface area contributed by atoms with Crippen molar-refractivity contribution in [1.82, 2.24) is 0 Å². The second kappa shape index (κ2) is 15.3. The van der Waals surface area contributed by atoms with Gasteiger partial charge in [-0.15, -0.1) is 4.55 Å². The van der Waals surface area contributed by atoms with Crippen molar-refractivity contribution in [2.75, 3.05) is 0 Å². The van der Waals surface area contributed by atoms with E-state index in [0.717, 1.165) is 0 Å². The third-order valence-electron chi connectivity index (χ3n) is 1.34. The van der Waals surface area contributed by atoms with E-state index >= 15 is 0 Å². The first kappa shape index (κ1) is 16.2. The van der Waals surface area contributed by atoms with Crippen molar-refractivity contribution >= 4 is 45.7 Å². The number of hydrogen-bond acceptors (Lipinski definition) is 0. The van der Waals surface area contributed by atoms with E-state index in [2.05, 4.69) is 13.0 Å². The number of unbranched alkanes of at least 4 members (excludes halogenated alkanes) is 1. The summed E-state index contributed by atoms with van der Waals surface area (Å²) in [4.78, 5) is 0. The number of rotatable bonds is 3. The van der Waals surface area contributed by atoms with E-state index in [1.165, 1.54) is 17.4 Å². The quantitative estimate of drug-likeness (QED) is 0.546. The van der Waals surface area contributed by atoms with Gasteiger partial charge in [0.25, 0.3) is 0 Å². The average molecular weight is 224 g/mol. The van der Waals surface area contributed by atoms with E-state index in [1.54, 1.807) is 0 Å². The van der Waals surface area contributed by atoms with Crippen LogP contribution in [-0.4, -0.2) is 36.6 Å². The lowest BCUT2D eigenvalue weighted by molar-refractivity contribution is 0.882. The SMILES string of the molecule is CCC[CH2][Mg][Cl].[AlH3].[c]1ccccc1. The molecule has 0 spiro atoms. The molecule has 69 valence electrons. The summed E-state index contributed by atoms with van der Waals surface area (Å²) in [7, 11) is 5.52. The molecule has 0 aliphatic rings. The van der Waals surface area contributed by atoms with E-state index in [-0.39, 0.29) is 36.6 Å². The second-order valence-electron chi connectivity index (χ2n) is 2.47. The van der Waals surface area contributed by atoms with Crippen LogP contribution in [0.2, 0.25) is 4.55 Å². The highest BCUT2D eigenvalue weighted by Gasteiger charge is 1.85. The lowest BCUT2D eigenvalue weighted by Gasteiger charge is -1.82. The van der Waals surface area contributed by atoms with E-state index in [9.17, 15) is 0 Å². The van der Waals surface area contributed by atoms with Gasteiger partial charge in [0.1, 0.15) is 0 Å². The average Bonchev–Trinajstić information content (AvgIpc) is 2.18. The summed E-state index contributed by atoms with van der Waals surface area (Å²) in [5.41, 5.74) is 0. The summed E-state index contributed by atoms with van der Waals surface area (Å²) in [6.07, 6.45) is 2.65. The Morgan fingerprint density at radius 1 is 1.23 bits per heavy atom. The van der Waals surface area contributed by atoms with Crippen molar-refractivity contribution in [3.05, 3.63) is 36.4 Å². The second-order valence-corrected chi connectivity index (χ2v) is 4.69. The largest absolute Gasteiger partial charge is 0.501 e. The molecule has 1 aromatic rings. The van der Waals surface area contributed by atoms with Crippen molar-refractivity contribution in [1.29, 1.82) is 0 Å². The van der Waals surface area contributed by atoms with E-state index in [0.29, 0.717) is 0 Å². The zero-order chi connectivity index (χ0) is 9.07. The van der Waals surface area contributed by atoms with Gasteiger partial charge in [0.15, 0.2) is 17.4 Å². The van der Waals surface area contributed by atoms with Crippen molar-refractivity contribution in [2.24, 2.45) is 0 Å². The van der Waals surface area contributed by atoms with Crippen molar-refractivity contribution in [2.45, 2.75) is 24.3 Å². The minimum absolute atomic E-state index is 0. The Morgan fingerprint density at radius 2 is 1.85 bits per heavy atom. The van der Waals surface area contributed by atoms with Gasteiger partial charge in [0, 0.05) is 0 Å². The fourth-order valence-electron chi connectivity index (χ4n) is 0.686. The molecule has 0 fully saturated rings. The molecule has 1 radical (unpaired) electrons. The molecule has 0 heterocycles. The monoisotopic (exact) mass is 223 g/mol. The molecule has 0 atom stereocenters. The molecule has 0 saturated heterocycles. The molecule has 0 aromatic heterocycles. The molecule has 3 heteroatoms. The van der Waals surface area contributed by atoms with Gasteiger partial charge < -0.3 is 9.07 Å².